The maximum Gasteiger partial charge on any atom is 0.308 e. The van der Waals surface area contributed by atoms with Crippen molar-refractivity contribution in [1.82, 2.24) is 10.2 Å². The van der Waals surface area contributed by atoms with Crippen molar-refractivity contribution in [2.75, 3.05) is 44.3 Å². The molecule has 1 heterocycles. The van der Waals surface area contributed by atoms with Crippen LogP contribution in [0.5, 0.6) is 0 Å². The molecule has 0 bridgehead atoms. The predicted octanol–water partition coefficient (Wildman–Crippen LogP) is 9.01. The van der Waals surface area contributed by atoms with Gasteiger partial charge in [-0.25, -0.2) is 8.42 Å². The maximum absolute atomic E-state index is 12.7. The average molecular weight is 739 g/mol. The lowest BCUT2D eigenvalue weighted by Crippen LogP contribution is -2.68. The molecule has 3 unspecified atom stereocenters. The van der Waals surface area contributed by atoms with Crippen molar-refractivity contribution >= 4 is 15.8 Å². The topological polar surface area (TPSA) is 75.7 Å². The van der Waals surface area contributed by atoms with Crippen LogP contribution in [0.15, 0.2) is 23.8 Å². The molecule has 294 valence electrons. The molecule has 7 rings (SSSR count). The number of allylic oxidation sites excluding steroid dienone is 3. The second-order valence-corrected chi connectivity index (χ2v) is 22.9. The molecule has 0 spiro atoms. The Morgan fingerprint density at radius 3 is 2.40 bits per heavy atom. The van der Waals surface area contributed by atoms with Gasteiger partial charge in [-0.05, 0) is 148 Å². The molecule has 0 amide bonds. The quantitative estimate of drug-likeness (QED) is 0.188. The number of fused-ring (bicyclic) bond motifs is 7. The van der Waals surface area contributed by atoms with E-state index in [1.807, 2.05) is 6.92 Å². The average Bonchev–Trinajstić information content (AvgIpc) is 3.47. The van der Waals surface area contributed by atoms with Crippen LogP contribution in [-0.2, 0) is 19.4 Å². The molecule has 11 atom stereocenters. The zero-order chi connectivity index (χ0) is 37.3. The first kappa shape index (κ1) is 39.1. The highest BCUT2D eigenvalue weighted by Crippen LogP contribution is 2.76. The van der Waals surface area contributed by atoms with Crippen molar-refractivity contribution in [3.8, 4) is 0 Å². The van der Waals surface area contributed by atoms with Gasteiger partial charge in [-0.2, -0.15) is 0 Å². The van der Waals surface area contributed by atoms with E-state index in [4.69, 9.17) is 4.74 Å². The van der Waals surface area contributed by atoms with Crippen LogP contribution in [0, 0.1) is 63.1 Å². The molecule has 0 aromatic rings. The van der Waals surface area contributed by atoms with Gasteiger partial charge in [-0.1, -0.05) is 71.3 Å². The standard InChI is InChI=1S/C45H74N2O4S/c1-9-51-40(48)33-12-10-11-32(29-33)30-34-15-18-42(6)37(41(34,4)5)17-19-44(8)38(42)14-13-36-39-35(31(2)3)16-20-45(39,22-21-43(36,44)7)46-23-24-47-25-27-52(49,50)28-26-47/h15,32-33,35-39,46H,2,9-14,16-30H2,1,3-8H3/t32?,33?,35-,36?,37-,38+,39+,42-,43+,44+,45-/m0/s1. The molecule has 0 aromatic carbocycles. The molecular formula is C45H74N2O4S. The van der Waals surface area contributed by atoms with Crippen molar-refractivity contribution in [2.45, 2.75) is 144 Å². The Morgan fingerprint density at radius 2 is 1.69 bits per heavy atom. The van der Waals surface area contributed by atoms with Crippen LogP contribution in [0.25, 0.3) is 0 Å². The van der Waals surface area contributed by atoms with Gasteiger partial charge in [0.15, 0.2) is 9.84 Å². The summed E-state index contributed by atoms with van der Waals surface area (Å²) in [5.74, 6) is 4.71. The summed E-state index contributed by atoms with van der Waals surface area (Å²) in [5, 5.41) is 4.24. The molecule has 0 aromatic heterocycles. The number of carbonyl (C=O) groups excluding carboxylic acids is 1. The summed E-state index contributed by atoms with van der Waals surface area (Å²) < 4.78 is 29.6. The number of sulfone groups is 1. The Bertz CT molecular complexity index is 1510. The number of nitrogens with zero attached hydrogens (tertiary/aromatic N) is 1. The highest BCUT2D eigenvalue weighted by Gasteiger charge is 2.70. The summed E-state index contributed by atoms with van der Waals surface area (Å²) in [5.41, 5.74) is 4.39. The largest absolute Gasteiger partial charge is 0.466 e. The number of hydrogen-bond donors (Lipinski definition) is 1. The van der Waals surface area contributed by atoms with Crippen LogP contribution in [0.1, 0.15) is 138 Å². The van der Waals surface area contributed by atoms with Crippen LogP contribution < -0.4 is 5.32 Å². The summed E-state index contributed by atoms with van der Waals surface area (Å²) in [6.45, 7) is 26.0. The number of rotatable bonds is 9. The summed E-state index contributed by atoms with van der Waals surface area (Å²) in [4.78, 5) is 15.0. The normalized spacial score (nSPS) is 45.4. The first-order chi connectivity index (χ1) is 24.5. The van der Waals surface area contributed by atoms with Gasteiger partial charge < -0.3 is 15.0 Å². The fourth-order valence-electron chi connectivity index (χ4n) is 15.2. The van der Waals surface area contributed by atoms with E-state index >= 15 is 0 Å². The zero-order valence-corrected chi connectivity index (χ0v) is 35.0. The highest BCUT2D eigenvalue weighted by molar-refractivity contribution is 7.91. The first-order valence-corrected chi connectivity index (χ1v) is 23.5. The van der Waals surface area contributed by atoms with E-state index in [2.05, 4.69) is 64.4 Å². The Balaban J connectivity index is 1.09. The predicted molar refractivity (Wildman–Crippen MR) is 213 cm³/mol. The van der Waals surface area contributed by atoms with Gasteiger partial charge >= 0.3 is 5.97 Å². The fourth-order valence-corrected chi connectivity index (χ4v) is 16.4. The first-order valence-electron chi connectivity index (χ1n) is 21.7. The van der Waals surface area contributed by atoms with Crippen LogP contribution in [-0.4, -0.2) is 69.1 Å². The van der Waals surface area contributed by atoms with E-state index in [1.165, 1.54) is 69.8 Å². The summed E-state index contributed by atoms with van der Waals surface area (Å²) >= 11 is 0. The van der Waals surface area contributed by atoms with Crippen molar-refractivity contribution in [3.05, 3.63) is 23.8 Å². The molecule has 7 heteroatoms. The molecule has 1 aliphatic heterocycles. The summed E-state index contributed by atoms with van der Waals surface area (Å²) in [6, 6.07) is 0. The van der Waals surface area contributed by atoms with Gasteiger partial charge in [-0.15, -0.1) is 0 Å². The molecular weight excluding hydrogens is 665 g/mol. The smallest absolute Gasteiger partial charge is 0.308 e. The van der Waals surface area contributed by atoms with Crippen molar-refractivity contribution in [2.24, 2.45) is 63.1 Å². The van der Waals surface area contributed by atoms with E-state index < -0.39 is 9.84 Å². The molecule has 5 saturated carbocycles. The maximum atomic E-state index is 12.7. The Labute approximate surface area is 318 Å². The lowest BCUT2D eigenvalue weighted by atomic mass is 9.33. The number of ether oxygens (including phenoxy) is 1. The minimum absolute atomic E-state index is 0.0345. The van der Waals surface area contributed by atoms with Gasteiger partial charge in [-0.3, -0.25) is 4.79 Å². The van der Waals surface area contributed by atoms with E-state index in [1.54, 1.807) is 5.57 Å². The molecule has 1 saturated heterocycles. The lowest BCUT2D eigenvalue weighted by molar-refractivity contribution is -0.221. The van der Waals surface area contributed by atoms with Crippen molar-refractivity contribution < 1.29 is 17.9 Å². The highest BCUT2D eigenvalue weighted by atomic mass is 32.2. The molecule has 6 fully saturated rings. The van der Waals surface area contributed by atoms with Crippen LogP contribution in [0.2, 0.25) is 0 Å². The van der Waals surface area contributed by atoms with Gasteiger partial charge in [0.2, 0.25) is 0 Å². The SMILES string of the molecule is C=C(C)[C@@H]1CC[C@]2(NCCN3CCS(=O)(=O)CC3)CC[C@]3(C)C(CC[C@@H]4[C@@]5(C)CC=C(CC6CCCC(C(=O)OCC)C6)C(C)(C)[C@@H]5CC[C@]43C)[C@@H]12. The second kappa shape index (κ2) is 14.1. The van der Waals surface area contributed by atoms with Crippen molar-refractivity contribution in [3.63, 3.8) is 0 Å². The molecule has 0 radical (unpaired) electrons. The second-order valence-electron chi connectivity index (χ2n) is 20.6. The third-order valence-electron chi connectivity index (χ3n) is 18.1. The molecule has 52 heavy (non-hydrogen) atoms. The Kier molecular flexibility index (Phi) is 10.6. The van der Waals surface area contributed by atoms with E-state index in [0.717, 1.165) is 44.7 Å². The van der Waals surface area contributed by atoms with E-state index in [0.29, 0.717) is 77.0 Å². The van der Waals surface area contributed by atoms with E-state index in [9.17, 15) is 13.2 Å². The molecule has 6 nitrogen and oxygen atoms in total. The van der Waals surface area contributed by atoms with Gasteiger partial charge in [0.25, 0.3) is 0 Å². The minimum atomic E-state index is -2.85. The van der Waals surface area contributed by atoms with Gasteiger partial charge in [0.1, 0.15) is 0 Å². The number of carbonyl (C=O) groups is 1. The fraction of sp³-hybridized carbons (Fsp3) is 0.889. The molecule has 6 aliphatic carbocycles. The van der Waals surface area contributed by atoms with Crippen molar-refractivity contribution in [1.29, 1.82) is 0 Å². The number of esters is 1. The Hall–Kier alpha value is -1.18. The van der Waals surface area contributed by atoms with Crippen LogP contribution in [0.3, 0.4) is 0 Å². The zero-order valence-electron chi connectivity index (χ0n) is 34.2. The molecule has 7 aliphatic rings. The third-order valence-corrected chi connectivity index (χ3v) is 19.7. The van der Waals surface area contributed by atoms with Crippen LogP contribution in [0.4, 0.5) is 0 Å². The van der Waals surface area contributed by atoms with E-state index in [-0.39, 0.29) is 22.8 Å². The third kappa shape index (κ3) is 6.42. The van der Waals surface area contributed by atoms with Crippen LogP contribution >= 0.6 is 0 Å². The monoisotopic (exact) mass is 739 g/mol. The lowest BCUT2D eigenvalue weighted by Gasteiger charge is -2.72. The number of nitrogens with one attached hydrogen (secondary N) is 1. The summed E-state index contributed by atoms with van der Waals surface area (Å²) in [7, 11) is -2.85. The number of hydrogen-bond acceptors (Lipinski definition) is 6. The Morgan fingerprint density at radius 1 is 0.942 bits per heavy atom. The van der Waals surface area contributed by atoms with Gasteiger partial charge in [0, 0.05) is 31.7 Å². The summed E-state index contributed by atoms with van der Waals surface area (Å²) in [6.07, 6.45) is 19.9. The van der Waals surface area contributed by atoms with Gasteiger partial charge in [0.05, 0.1) is 24.0 Å². The molecule has 1 N–H and O–H groups in total. The minimum Gasteiger partial charge on any atom is -0.466 e.